The van der Waals surface area contributed by atoms with E-state index in [0.29, 0.717) is 11.8 Å². The summed E-state index contributed by atoms with van der Waals surface area (Å²) in [4.78, 5) is 9.92. The number of rotatable bonds is 6. The van der Waals surface area contributed by atoms with Crippen LogP contribution in [0.3, 0.4) is 0 Å². The summed E-state index contributed by atoms with van der Waals surface area (Å²) < 4.78 is 0. The van der Waals surface area contributed by atoms with Crippen LogP contribution in [0.5, 0.6) is 0 Å². The Morgan fingerprint density at radius 2 is 1.41 bits per heavy atom. The van der Waals surface area contributed by atoms with Gasteiger partial charge in [-0.25, -0.2) is 0 Å². The van der Waals surface area contributed by atoms with Crippen molar-refractivity contribution in [3.8, 4) is 0 Å². The Labute approximate surface area is 212 Å². The monoisotopic (exact) mass is 466 g/mol. The molecule has 0 N–H and O–H groups in total. The van der Waals surface area contributed by atoms with Crippen LogP contribution in [0.15, 0.2) is 50.2 Å². The van der Waals surface area contributed by atoms with Crippen molar-refractivity contribution in [3.63, 3.8) is 0 Å². The van der Waals surface area contributed by atoms with E-state index in [4.69, 9.17) is 9.98 Å². The van der Waals surface area contributed by atoms with E-state index in [1.165, 1.54) is 16.7 Å². The van der Waals surface area contributed by atoms with E-state index < -0.39 is 0 Å². The Morgan fingerprint density at radius 3 is 1.85 bits per heavy atom. The maximum absolute atomic E-state index is 5.10. The van der Waals surface area contributed by atoms with Gasteiger partial charge in [0.2, 0.25) is 0 Å². The first kappa shape index (κ1) is 30.4. The van der Waals surface area contributed by atoms with E-state index in [9.17, 15) is 0 Å². The van der Waals surface area contributed by atoms with E-state index in [1.54, 1.807) is 5.57 Å². The topological polar surface area (TPSA) is 24.7 Å². The first-order valence-electron chi connectivity index (χ1n) is 13.1. The summed E-state index contributed by atoms with van der Waals surface area (Å²) in [6, 6.07) is 0. The van der Waals surface area contributed by atoms with Crippen molar-refractivity contribution in [1.29, 1.82) is 0 Å². The largest absolute Gasteiger partial charge is 0.286 e. The van der Waals surface area contributed by atoms with Crippen molar-refractivity contribution in [3.05, 3.63) is 40.2 Å². The molecule has 2 nitrogen and oxygen atoms in total. The zero-order valence-electron chi connectivity index (χ0n) is 25.2. The van der Waals surface area contributed by atoms with Crippen LogP contribution in [0.1, 0.15) is 117 Å². The molecule has 34 heavy (non-hydrogen) atoms. The zero-order chi connectivity index (χ0) is 26.7. The molecule has 0 spiro atoms. The van der Waals surface area contributed by atoms with Crippen molar-refractivity contribution in [1.82, 2.24) is 0 Å². The lowest BCUT2D eigenvalue weighted by Crippen LogP contribution is -2.23. The zero-order valence-corrected chi connectivity index (χ0v) is 25.2. The summed E-state index contributed by atoms with van der Waals surface area (Å²) in [6.45, 7) is 33.6. The molecule has 2 atom stereocenters. The van der Waals surface area contributed by atoms with Crippen molar-refractivity contribution in [2.24, 2.45) is 32.7 Å². The molecule has 1 aliphatic carbocycles. The lowest BCUT2D eigenvalue weighted by atomic mass is 9.74. The van der Waals surface area contributed by atoms with Crippen LogP contribution in [0.2, 0.25) is 0 Å². The van der Waals surface area contributed by atoms with Crippen molar-refractivity contribution < 1.29 is 0 Å². The average Bonchev–Trinajstić information content (AvgIpc) is 2.79. The quantitative estimate of drug-likeness (QED) is 0.275. The van der Waals surface area contributed by atoms with Crippen LogP contribution in [0.25, 0.3) is 0 Å². The Balaban J connectivity index is 3.44. The fraction of sp³-hybridized carbons (Fsp3) is 0.719. The van der Waals surface area contributed by atoms with E-state index in [-0.39, 0.29) is 21.9 Å². The van der Waals surface area contributed by atoms with Crippen molar-refractivity contribution >= 4 is 11.9 Å². The van der Waals surface area contributed by atoms with Gasteiger partial charge >= 0.3 is 0 Å². The van der Waals surface area contributed by atoms with Crippen LogP contribution >= 0.6 is 0 Å². The highest BCUT2D eigenvalue weighted by atomic mass is 14.9. The van der Waals surface area contributed by atoms with E-state index in [1.807, 2.05) is 6.21 Å². The summed E-state index contributed by atoms with van der Waals surface area (Å²) in [7, 11) is 0. The molecule has 2 heteroatoms. The van der Waals surface area contributed by atoms with Crippen LogP contribution in [0, 0.1) is 22.7 Å². The maximum atomic E-state index is 5.10. The fourth-order valence-electron chi connectivity index (χ4n) is 4.19. The number of hydrogen-bond donors (Lipinski definition) is 0. The van der Waals surface area contributed by atoms with Gasteiger partial charge in [0.1, 0.15) is 0 Å². The SMILES string of the molecule is CC1=C(C)C(CC(C=NC(C)(C)C)=NC(C)(C)C)C(CC(C=C=CC(C)(C)C)C(C)(C)C)=C1C. The lowest BCUT2D eigenvalue weighted by molar-refractivity contribution is 0.287. The molecular weight excluding hydrogens is 412 g/mol. The minimum Gasteiger partial charge on any atom is -0.286 e. The average molecular weight is 467 g/mol. The van der Waals surface area contributed by atoms with Gasteiger partial charge in [0, 0.05) is 18.6 Å². The Kier molecular flexibility index (Phi) is 9.78. The molecule has 0 saturated carbocycles. The summed E-state index contributed by atoms with van der Waals surface area (Å²) >= 11 is 0. The van der Waals surface area contributed by atoms with Crippen LogP contribution in [-0.4, -0.2) is 23.0 Å². The third-order valence-corrected chi connectivity index (χ3v) is 6.44. The molecule has 0 bridgehead atoms. The van der Waals surface area contributed by atoms with E-state index in [0.717, 1.165) is 18.6 Å². The van der Waals surface area contributed by atoms with Crippen LogP contribution in [-0.2, 0) is 0 Å². The minimum atomic E-state index is -0.127. The van der Waals surface area contributed by atoms with Crippen LogP contribution < -0.4 is 0 Å². The van der Waals surface area contributed by atoms with Gasteiger partial charge in [-0.15, -0.1) is 5.73 Å². The highest BCUT2D eigenvalue weighted by Gasteiger charge is 2.33. The Morgan fingerprint density at radius 1 is 0.853 bits per heavy atom. The molecule has 0 aromatic heterocycles. The van der Waals surface area contributed by atoms with Crippen molar-refractivity contribution in [2.45, 2.75) is 128 Å². The summed E-state index contributed by atoms with van der Waals surface area (Å²) in [5.74, 6) is 0.806. The molecule has 0 fully saturated rings. The molecule has 0 heterocycles. The molecule has 1 rings (SSSR count). The molecule has 0 saturated heterocycles. The smallest absolute Gasteiger partial charge is 0.0542 e. The third kappa shape index (κ3) is 10.3. The number of allylic oxidation sites excluding steroid dienone is 5. The van der Waals surface area contributed by atoms with Gasteiger partial charge in [-0.2, -0.15) is 0 Å². The number of nitrogens with zero attached hydrogens (tertiary/aromatic N) is 2. The molecule has 0 aromatic carbocycles. The van der Waals surface area contributed by atoms with Gasteiger partial charge in [0.05, 0.1) is 16.8 Å². The van der Waals surface area contributed by atoms with Gasteiger partial charge < -0.3 is 0 Å². The molecule has 0 aliphatic heterocycles. The highest BCUT2D eigenvalue weighted by Crippen LogP contribution is 2.45. The Bertz CT molecular complexity index is 900. The summed E-state index contributed by atoms with van der Waals surface area (Å²) in [5.41, 5.74) is 10.7. The summed E-state index contributed by atoms with van der Waals surface area (Å²) in [6.07, 6.45) is 8.51. The lowest BCUT2D eigenvalue weighted by Gasteiger charge is -2.31. The normalized spacial score (nSPS) is 19.7. The molecule has 0 aromatic rings. The summed E-state index contributed by atoms with van der Waals surface area (Å²) in [5, 5.41) is 0. The molecule has 1 aliphatic rings. The number of aliphatic imine (C=N–C) groups is 2. The van der Waals surface area contributed by atoms with E-state index in [2.05, 4.69) is 122 Å². The second-order valence-corrected chi connectivity index (χ2v) is 14.4. The number of hydrogen-bond acceptors (Lipinski definition) is 2. The predicted octanol–water partition coefficient (Wildman–Crippen LogP) is 9.58. The first-order valence-corrected chi connectivity index (χ1v) is 13.1. The van der Waals surface area contributed by atoms with Crippen molar-refractivity contribution in [2.75, 3.05) is 0 Å². The molecule has 0 radical (unpaired) electrons. The van der Waals surface area contributed by atoms with Gasteiger partial charge in [-0.05, 0) is 109 Å². The van der Waals surface area contributed by atoms with Crippen LogP contribution in [0.4, 0.5) is 0 Å². The predicted molar refractivity (Wildman–Crippen MR) is 154 cm³/mol. The first-order chi connectivity index (χ1) is 15.1. The van der Waals surface area contributed by atoms with Gasteiger partial charge in [0.25, 0.3) is 0 Å². The molecular formula is C32H54N2. The van der Waals surface area contributed by atoms with Gasteiger partial charge in [-0.3, -0.25) is 9.98 Å². The van der Waals surface area contributed by atoms with E-state index >= 15 is 0 Å². The van der Waals surface area contributed by atoms with Gasteiger partial charge in [0.15, 0.2) is 0 Å². The second kappa shape index (κ2) is 10.9. The second-order valence-electron chi connectivity index (χ2n) is 14.4. The molecule has 2 unspecified atom stereocenters. The molecule has 0 amide bonds. The maximum Gasteiger partial charge on any atom is 0.0542 e. The third-order valence-electron chi connectivity index (χ3n) is 6.44. The Hall–Kier alpha value is -1.66. The fourth-order valence-corrected chi connectivity index (χ4v) is 4.19. The molecule has 192 valence electrons. The highest BCUT2D eigenvalue weighted by molar-refractivity contribution is 6.31. The minimum absolute atomic E-state index is 0.106. The standard InChI is InChI=1S/C32H54N2/c1-22-23(2)27(19-25(30(7,8)9)17-16-18-29(4,5)6)28(24(22)3)20-26(34-32(13,14)15)21-33-31(10,11)12/h17-18,21,25,28H,19-20H2,1-15H3. The van der Waals surface area contributed by atoms with Gasteiger partial charge in [-0.1, -0.05) is 52.7 Å².